The van der Waals surface area contributed by atoms with E-state index in [2.05, 4.69) is 40.7 Å². The van der Waals surface area contributed by atoms with Crippen molar-refractivity contribution in [2.45, 2.75) is 39.2 Å². The Balaban J connectivity index is 1.37. The summed E-state index contributed by atoms with van der Waals surface area (Å²) in [4.78, 5) is 30.9. The summed E-state index contributed by atoms with van der Waals surface area (Å²) >= 11 is 2.61. The van der Waals surface area contributed by atoms with E-state index in [0.29, 0.717) is 40.2 Å². The molecular weight excluding hydrogens is 418 g/mol. The van der Waals surface area contributed by atoms with Crippen LogP contribution in [0.4, 0.5) is 10.8 Å². The van der Waals surface area contributed by atoms with E-state index in [0.717, 1.165) is 28.3 Å². The number of nitrogens with one attached hydrogen (secondary N) is 2. The average Bonchev–Trinajstić information content (AvgIpc) is 3.39. The number of carbonyl (C=O) groups is 2. The van der Waals surface area contributed by atoms with Crippen LogP contribution in [0.25, 0.3) is 0 Å². The second-order valence-electron chi connectivity index (χ2n) is 7.02. The number of fused-ring (bicyclic) bond motifs is 1. The molecule has 0 atom stereocenters. The first-order valence-electron chi connectivity index (χ1n) is 10.0. The van der Waals surface area contributed by atoms with Crippen molar-refractivity contribution in [3.63, 3.8) is 0 Å². The summed E-state index contributed by atoms with van der Waals surface area (Å²) < 4.78 is 5.02. The highest BCUT2D eigenvalue weighted by atomic mass is 32.1. The van der Waals surface area contributed by atoms with Crippen LogP contribution in [0, 0.1) is 0 Å². The molecule has 0 unspecified atom stereocenters. The van der Waals surface area contributed by atoms with Gasteiger partial charge in [-0.25, -0.2) is 9.78 Å². The minimum Gasteiger partial charge on any atom is -0.461 e. The highest BCUT2D eigenvalue weighted by Crippen LogP contribution is 2.28. The van der Waals surface area contributed by atoms with Gasteiger partial charge in [-0.1, -0.05) is 42.9 Å². The first-order chi connectivity index (χ1) is 14.6. The maximum Gasteiger partial charge on any atom is 0.350 e. The van der Waals surface area contributed by atoms with Crippen LogP contribution < -0.4 is 10.6 Å². The number of esters is 1. The van der Waals surface area contributed by atoms with Crippen LogP contribution in [-0.2, 0) is 24.1 Å². The van der Waals surface area contributed by atoms with Crippen molar-refractivity contribution in [3.8, 4) is 0 Å². The number of rotatable bonds is 8. The van der Waals surface area contributed by atoms with Crippen LogP contribution >= 0.6 is 22.7 Å². The first kappa shape index (κ1) is 20.6. The Hall–Kier alpha value is -2.71. The second-order valence-corrected chi connectivity index (χ2v) is 9.18. The molecule has 0 bridgehead atoms. The van der Waals surface area contributed by atoms with Gasteiger partial charge in [0.25, 0.3) is 5.91 Å². The minimum atomic E-state index is -0.363. The third kappa shape index (κ3) is 4.71. The zero-order valence-electron chi connectivity index (χ0n) is 16.7. The van der Waals surface area contributed by atoms with Crippen molar-refractivity contribution in [1.29, 1.82) is 0 Å². The number of aromatic nitrogens is 1. The fourth-order valence-electron chi connectivity index (χ4n) is 3.25. The SMILES string of the molecule is CCCCc1ccccc1NCc1ccc(C(=O)Nc2nc3c(s2)C(=O)OCC3)s1. The molecule has 1 aliphatic rings. The summed E-state index contributed by atoms with van der Waals surface area (Å²) in [7, 11) is 0. The average molecular weight is 442 g/mol. The smallest absolute Gasteiger partial charge is 0.350 e. The van der Waals surface area contributed by atoms with E-state index in [1.165, 1.54) is 29.7 Å². The topological polar surface area (TPSA) is 80.3 Å². The number of nitrogens with zero attached hydrogens (tertiary/aromatic N) is 1. The Morgan fingerprint density at radius 1 is 1.20 bits per heavy atom. The zero-order valence-corrected chi connectivity index (χ0v) is 18.3. The van der Waals surface area contributed by atoms with E-state index < -0.39 is 0 Å². The fourth-order valence-corrected chi connectivity index (χ4v) is 5.00. The number of thiazole rings is 1. The number of amides is 1. The maximum atomic E-state index is 12.6. The van der Waals surface area contributed by atoms with Gasteiger partial charge in [-0.15, -0.1) is 11.3 Å². The molecule has 8 heteroatoms. The van der Waals surface area contributed by atoms with E-state index in [-0.39, 0.29) is 11.9 Å². The van der Waals surface area contributed by atoms with E-state index in [9.17, 15) is 9.59 Å². The Bertz CT molecular complexity index is 1060. The lowest BCUT2D eigenvalue weighted by Gasteiger charge is -2.11. The number of para-hydroxylation sites is 1. The lowest BCUT2D eigenvalue weighted by molar-refractivity contribution is 0.0485. The number of anilines is 2. The number of benzene rings is 1. The van der Waals surface area contributed by atoms with E-state index in [1.807, 2.05) is 18.2 Å². The molecule has 1 aliphatic heterocycles. The van der Waals surface area contributed by atoms with Gasteiger partial charge in [0.1, 0.15) is 4.88 Å². The minimum absolute atomic E-state index is 0.214. The molecule has 0 aliphatic carbocycles. The standard InChI is InChI=1S/C22H23N3O3S2/c1-2-3-6-14-7-4-5-8-16(14)23-13-15-9-10-18(29-15)20(26)25-22-24-17-11-12-28-21(27)19(17)30-22/h4-5,7-10,23H,2-3,6,11-13H2,1H3,(H,24,25,26). The molecule has 6 nitrogen and oxygen atoms in total. The Morgan fingerprint density at radius 2 is 2.07 bits per heavy atom. The molecule has 4 rings (SSSR count). The summed E-state index contributed by atoms with van der Waals surface area (Å²) in [5, 5.41) is 6.73. The maximum absolute atomic E-state index is 12.6. The van der Waals surface area contributed by atoms with Crippen molar-refractivity contribution in [2.75, 3.05) is 17.2 Å². The van der Waals surface area contributed by atoms with Gasteiger partial charge in [-0.3, -0.25) is 10.1 Å². The van der Waals surface area contributed by atoms with Gasteiger partial charge < -0.3 is 10.1 Å². The number of hydrogen-bond donors (Lipinski definition) is 2. The van der Waals surface area contributed by atoms with Gasteiger partial charge in [0.15, 0.2) is 5.13 Å². The highest BCUT2D eigenvalue weighted by Gasteiger charge is 2.24. The molecule has 0 spiro atoms. The second kappa shape index (κ2) is 9.40. The van der Waals surface area contributed by atoms with Crippen LogP contribution in [0.1, 0.15) is 55.2 Å². The molecule has 0 saturated heterocycles. The van der Waals surface area contributed by atoms with Crippen LogP contribution in [0.2, 0.25) is 0 Å². The third-order valence-corrected chi connectivity index (χ3v) is 6.91. The number of aryl methyl sites for hydroxylation is 1. The van der Waals surface area contributed by atoms with Crippen LogP contribution in [0.5, 0.6) is 0 Å². The summed E-state index contributed by atoms with van der Waals surface area (Å²) in [5.74, 6) is -0.577. The molecule has 1 amide bonds. The molecular formula is C22H23N3O3S2. The van der Waals surface area contributed by atoms with Crippen LogP contribution in [-0.4, -0.2) is 23.5 Å². The van der Waals surface area contributed by atoms with Gasteiger partial charge >= 0.3 is 5.97 Å². The highest BCUT2D eigenvalue weighted by molar-refractivity contribution is 7.18. The van der Waals surface area contributed by atoms with Gasteiger partial charge in [-0.2, -0.15) is 0 Å². The Morgan fingerprint density at radius 3 is 2.90 bits per heavy atom. The van der Waals surface area contributed by atoms with Gasteiger partial charge in [0.2, 0.25) is 0 Å². The van der Waals surface area contributed by atoms with E-state index in [4.69, 9.17) is 4.74 Å². The number of thiophene rings is 1. The molecule has 1 aromatic carbocycles. The predicted molar refractivity (Wildman–Crippen MR) is 121 cm³/mol. The molecule has 156 valence electrons. The van der Waals surface area contributed by atoms with Gasteiger partial charge in [-0.05, 0) is 36.6 Å². The van der Waals surface area contributed by atoms with Crippen molar-refractivity contribution >= 4 is 45.4 Å². The molecule has 30 heavy (non-hydrogen) atoms. The molecule has 0 radical (unpaired) electrons. The Labute approximate surface area is 183 Å². The van der Waals surface area contributed by atoms with Crippen molar-refractivity contribution in [3.05, 3.63) is 62.3 Å². The van der Waals surface area contributed by atoms with Gasteiger partial charge in [0, 0.05) is 23.5 Å². The molecule has 3 aromatic rings. The quantitative estimate of drug-likeness (QED) is 0.474. The van der Waals surface area contributed by atoms with E-state index in [1.54, 1.807) is 0 Å². The molecule has 2 N–H and O–H groups in total. The van der Waals surface area contributed by atoms with Crippen LogP contribution in [0.15, 0.2) is 36.4 Å². The lowest BCUT2D eigenvalue weighted by atomic mass is 10.1. The van der Waals surface area contributed by atoms with Crippen molar-refractivity contribution in [1.82, 2.24) is 4.98 Å². The van der Waals surface area contributed by atoms with Gasteiger partial charge in [0.05, 0.1) is 17.2 Å². The third-order valence-electron chi connectivity index (χ3n) is 4.83. The largest absolute Gasteiger partial charge is 0.461 e. The molecule has 0 fully saturated rings. The number of cyclic esters (lactones) is 1. The summed E-state index contributed by atoms with van der Waals surface area (Å²) in [6.07, 6.45) is 3.98. The normalized spacial score (nSPS) is 12.9. The number of carbonyl (C=O) groups excluding carboxylic acids is 2. The molecule has 2 aromatic heterocycles. The Kier molecular flexibility index (Phi) is 6.44. The predicted octanol–water partition coefficient (Wildman–Crippen LogP) is 5.12. The zero-order chi connectivity index (χ0) is 20.9. The summed E-state index contributed by atoms with van der Waals surface area (Å²) in [5.41, 5.74) is 3.16. The van der Waals surface area contributed by atoms with Crippen molar-refractivity contribution in [2.24, 2.45) is 0 Å². The molecule has 0 saturated carbocycles. The van der Waals surface area contributed by atoms with E-state index >= 15 is 0 Å². The summed E-state index contributed by atoms with van der Waals surface area (Å²) in [6, 6.07) is 12.2. The molecule has 3 heterocycles. The summed E-state index contributed by atoms with van der Waals surface area (Å²) in [6.45, 7) is 3.20. The number of hydrogen-bond acceptors (Lipinski definition) is 7. The number of ether oxygens (including phenoxy) is 1. The monoisotopic (exact) mass is 441 g/mol. The lowest BCUT2D eigenvalue weighted by Crippen LogP contribution is -2.15. The van der Waals surface area contributed by atoms with Crippen molar-refractivity contribution < 1.29 is 14.3 Å². The first-order valence-corrected chi connectivity index (χ1v) is 11.7. The number of unbranched alkanes of at least 4 members (excludes halogenated alkanes) is 1. The van der Waals surface area contributed by atoms with Crippen LogP contribution in [0.3, 0.4) is 0 Å². The fraction of sp³-hybridized carbons (Fsp3) is 0.318.